The summed E-state index contributed by atoms with van der Waals surface area (Å²) in [5.74, 6) is 0.971. The van der Waals surface area contributed by atoms with E-state index in [0.29, 0.717) is 17.0 Å². The van der Waals surface area contributed by atoms with E-state index in [0.717, 1.165) is 17.0 Å². The molecule has 0 unspecified atom stereocenters. The molecule has 0 N–H and O–H groups in total. The molecule has 0 fully saturated rings. The molecule has 30 heavy (non-hydrogen) atoms. The third-order valence-corrected chi connectivity index (χ3v) is 4.68. The summed E-state index contributed by atoms with van der Waals surface area (Å²) < 4.78 is 7.50. The lowest BCUT2D eigenvalue weighted by Gasteiger charge is -2.10. The van der Waals surface area contributed by atoms with Crippen molar-refractivity contribution in [1.29, 1.82) is 0 Å². The summed E-state index contributed by atoms with van der Waals surface area (Å²) in [5.41, 5.74) is 2.64. The van der Waals surface area contributed by atoms with Crippen LogP contribution in [-0.4, -0.2) is 21.3 Å². The number of carbonyl (C=O) groups excluding carboxylic acids is 2. The normalized spacial score (nSPS) is 10.6. The van der Waals surface area contributed by atoms with Gasteiger partial charge in [-0.1, -0.05) is 48.5 Å². The van der Waals surface area contributed by atoms with E-state index in [1.807, 2.05) is 84.9 Å². The zero-order valence-electron chi connectivity index (χ0n) is 16.7. The molecule has 0 spiro atoms. The molecule has 0 aliphatic heterocycles. The number of nitrogens with zero attached hydrogens (tertiary/aromatic N) is 2. The molecule has 0 saturated carbocycles. The summed E-state index contributed by atoms with van der Waals surface area (Å²) in [6.07, 6.45) is 0. The van der Waals surface area contributed by atoms with Gasteiger partial charge in [-0.05, 0) is 43.3 Å². The van der Waals surface area contributed by atoms with Crippen LogP contribution >= 0.6 is 0 Å². The van der Waals surface area contributed by atoms with Gasteiger partial charge in [-0.25, -0.2) is 4.68 Å². The molecule has 0 amide bonds. The van der Waals surface area contributed by atoms with Gasteiger partial charge in [0, 0.05) is 12.5 Å². The Hall–Kier alpha value is -3.99. The Balaban J connectivity index is 1.81. The monoisotopic (exact) mass is 396 g/mol. The largest absolute Gasteiger partial charge is 0.457 e. The number of para-hydroxylation sites is 1. The van der Waals surface area contributed by atoms with E-state index in [9.17, 15) is 9.59 Å². The number of carbonyl (C=O) groups is 2. The minimum absolute atomic E-state index is 0.172. The Kier molecular flexibility index (Phi) is 5.26. The molecule has 3 aromatic carbocycles. The predicted octanol–water partition coefficient (Wildman–Crippen LogP) is 5.74. The van der Waals surface area contributed by atoms with Crippen molar-refractivity contribution in [2.75, 3.05) is 0 Å². The first-order valence-corrected chi connectivity index (χ1v) is 9.58. The SMILES string of the molecule is CC(=O)c1nn(-c2ccc(Oc3ccccc3)cc2)c(-c2ccccc2)c1C(C)=O. The maximum absolute atomic E-state index is 12.4. The van der Waals surface area contributed by atoms with Gasteiger partial charge in [0.2, 0.25) is 0 Å². The predicted molar refractivity (Wildman–Crippen MR) is 116 cm³/mol. The van der Waals surface area contributed by atoms with Crippen LogP contribution < -0.4 is 4.74 Å². The van der Waals surface area contributed by atoms with E-state index >= 15 is 0 Å². The summed E-state index contributed by atoms with van der Waals surface area (Å²) >= 11 is 0. The molecular formula is C25H20N2O3. The molecule has 4 aromatic rings. The molecule has 5 heteroatoms. The lowest BCUT2D eigenvalue weighted by atomic mass is 10.0. The second-order valence-electron chi connectivity index (χ2n) is 6.87. The number of aromatic nitrogens is 2. The lowest BCUT2D eigenvalue weighted by Crippen LogP contribution is -2.03. The van der Waals surface area contributed by atoms with Gasteiger partial charge >= 0.3 is 0 Å². The van der Waals surface area contributed by atoms with Crippen LogP contribution in [0.5, 0.6) is 11.5 Å². The molecule has 0 radical (unpaired) electrons. The van der Waals surface area contributed by atoms with E-state index in [1.54, 1.807) is 4.68 Å². The molecule has 0 aliphatic carbocycles. The van der Waals surface area contributed by atoms with Gasteiger partial charge in [0.1, 0.15) is 17.2 Å². The quantitative estimate of drug-likeness (QED) is 0.390. The highest BCUT2D eigenvalue weighted by molar-refractivity contribution is 6.10. The zero-order valence-corrected chi connectivity index (χ0v) is 16.7. The van der Waals surface area contributed by atoms with E-state index in [1.165, 1.54) is 13.8 Å². The van der Waals surface area contributed by atoms with Gasteiger partial charge in [0.05, 0.1) is 16.9 Å². The van der Waals surface area contributed by atoms with Crippen LogP contribution in [0.3, 0.4) is 0 Å². The third kappa shape index (κ3) is 3.78. The average Bonchev–Trinajstić information content (AvgIpc) is 3.17. The zero-order chi connectivity index (χ0) is 21.1. The highest BCUT2D eigenvalue weighted by Gasteiger charge is 2.25. The smallest absolute Gasteiger partial charge is 0.180 e. The fourth-order valence-corrected chi connectivity index (χ4v) is 3.33. The molecule has 0 saturated heterocycles. The number of benzene rings is 3. The van der Waals surface area contributed by atoms with Crippen molar-refractivity contribution in [3.63, 3.8) is 0 Å². The molecule has 148 valence electrons. The molecule has 5 nitrogen and oxygen atoms in total. The third-order valence-electron chi connectivity index (χ3n) is 4.68. The molecular weight excluding hydrogens is 376 g/mol. The summed E-state index contributed by atoms with van der Waals surface area (Å²) in [6.45, 7) is 2.88. The number of rotatable bonds is 6. The van der Waals surface area contributed by atoms with Crippen LogP contribution in [0, 0.1) is 0 Å². The van der Waals surface area contributed by atoms with Crippen LogP contribution in [-0.2, 0) is 0 Å². The Bertz CT molecular complexity index is 1190. The lowest BCUT2D eigenvalue weighted by molar-refractivity contribution is 0.0978. The topological polar surface area (TPSA) is 61.2 Å². The molecule has 1 aromatic heterocycles. The first kappa shape index (κ1) is 19.3. The van der Waals surface area contributed by atoms with Crippen LogP contribution in [0.15, 0.2) is 84.9 Å². The van der Waals surface area contributed by atoms with Crippen molar-refractivity contribution >= 4 is 11.6 Å². The summed E-state index contributed by atoms with van der Waals surface area (Å²) in [5, 5.41) is 4.50. The van der Waals surface area contributed by atoms with Crippen molar-refractivity contribution < 1.29 is 14.3 Å². The Morgan fingerprint density at radius 3 is 1.87 bits per heavy atom. The Morgan fingerprint density at radius 2 is 1.30 bits per heavy atom. The Labute approximate surface area is 174 Å². The summed E-state index contributed by atoms with van der Waals surface area (Å²) in [7, 11) is 0. The summed E-state index contributed by atoms with van der Waals surface area (Å²) in [6, 6.07) is 26.4. The van der Waals surface area contributed by atoms with Gasteiger partial charge in [-0.3, -0.25) is 9.59 Å². The van der Waals surface area contributed by atoms with Crippen LogP contribution in [0.1, 0.15) is 34.7 Å². The maximum Gasteiger partial charge on any atom is 0.180 e. The van der Waals surface area contributed by atoms with E-state index in [4.69, 9.17) is 4.74 Å². The minimum Gasteiger partial charge on any atom is -0.457 e. The fourth-order valence-electron chi connectivity index (χ4n) is 3.33. The van der Waals surface area contributed by atoms with Crippen LogP contribution in [0.2, 0.25) is 0 Å². The average molecular weight is 396 g/mol. The molecule has 0 bridgehead atoms. The number of ketones is 2. The van der Waals surface area contributed by atoms with Crippen molar-refractivity contribution in [3.05, 3.63) is 96.2 Å². The first-order valence-electron chi connectivity index (χ1n) is 9.58. The van der Waals surface area contributed by atoms with Crippen LogP contribution in [0.25, 0.3) is 16.9 Å². The Morgan fingerprint density at radius 1 is 0.733 bits per heavy atom. The van der Waals surface area contributed by atoms with Gasteiger partial charge in [-0.15, -0.1) is 0 Å². The second kappa shape index (κ2) is 8.17. The molecule has 0 aliphatic rings. The van der Waals surface area contributed by atoms with Crippen molar-refractivity contribution in [2.45, 2.75) is 13.8 Å². The van der Waals surface area contributed by atoms with Gasteiger partial charge in [0.25, 0.3) is 0 Å². The summed E-state index contributed by atoms with van der Waals surface area (Å²) in [4.78, 5) is 24.6. The standard InChI is InChI=1S/C25H20N2O3/c1-17(28)23-24(18(2)29)26-27(25(23)19-9-5-3-6-10-19)20-13-15-22(16-14-20)30-21-11-7-4-8-12-21/h3-16H,1-2H3. The fraction of sp³-hybridized carbons (Fsp3) is 0.0800. The van der Waals surface area contributed by atoms with Crippen molar-refractivity contribution in [2.24, 2.45) is 0 Å². The van der Waals surface area contributed by atoms with Crippen LogP contribution in [0.4, 0.5) is 0 Å². The van der Waals surface area contributed by atoms with Gasteiger partial charge in [-0.2, -0.15) is 5.10 Å². The number of hydrogen-bond acceptors (Lipinski definition) is 4. The van der Waals surface area contributed by atoms with E-state index in [2.05, 4.69) is 5.10 Å². The minimum atomic E-state index is -0.250. The van der Waals surface area contributed by atoms with Gasteiger partial charge in [0.15, 0.2) is 11.6 Å². The van der Waals surface area contributed by atoms with E-state index < -0.39 is 0 Å². The highest BCUT2D eigenvalue weighted by atomic mass is 16.5. The molecule has 4 rings (SSSR count). The maximum atomic E-state index is 12.4. The number of ether oxygens (including phenoxy) is 1. The number of Topliss-reactive ketones (excluding diaryl/α,β-unsaturated/α-hetero) is 2. The highest BCUT2D eigenvalue weighted by Crippen LogP contribution is 2.31. The second-order valence-corrected chi connectivity index (χ2v) is 6.87. The van der Waals surface area contributed by atoms with Crippen molar-refractivity contribution in [1.82, 2.24) is 9.78 Å². The van der Waals surface area contributed by atoms with Gasteiger partial charge < -0.3 is 4.74 Å². The van der Waals surface area contributed by atoms with E-state index in [-0.39, 0.29) is 17.3 Å². The van der Waals surface area contributed by atoms with Crippen molar-refractivity contribution in [3.8, 4) is 28.4 Å². The first-order chi connectivity index (χ1) is 14.5. The molecule has 1 heterocycles. The number of hydrogen-bond donors (Lipinski definition) is 0. The molecule has 0 atom stereocenters.